The fourth-order valence-electron chi connectivity index (χ4n) is 1.62. The first-order valence-corrected chi connectivity index (χ1v) is 6.64. The van der Waals surface area contributed by atoms with Crippen LogP contribution in [-0.4, -0.2) is 18.1 Å². The van der Waals surface area contributed by atoms with Crippen LogP contribution in [0.2, 0.25) is 0 Å². The van der Waals surface area contributed by atoms with Crippen LogP contribution in [0.4, 0.5) is 11.5 Å². The first kappa shape index (κ1) is 13.4. The van der Waals surface area contributed by atoms with Crippen LogP contribution >= 0.6 is 11.3 Å². The molecule has 0 saturated heterocycles. The predicted octanol–water partition coefficient (Wildman–Crippen LogP) is 2.69. The van der Waals surface area contributed by atoms with Crippen LogP contribution in [0.1, 0.15) is 28.3 Å². The van der Waals surface area contributed by atoms with Crippen LogP contribution in [0.15, 0.2) is 29.6 Å². The van der Waals surface area contributed by atoms with Crippen molar-refractivity contribution in [1.29, 1.82) is 0 Å². The number of carbonyl (C=O) groups is 1. The zero-order valence-corrected chi connectivity index (χ0v) is 11.5. The van der Waals surface area contributed by atoms with Crippen LogP contribution in [0.5, 0.6) is 0 Å². The Bertz CT molecular complexity index is 569. The van der Waals surface area contributed by atoms with E-state index in [0.29, 0.717) is 11.5 Å². The van der Waals surface area contributed by atoms with Crippen LogP contribution < -0.4 is 11.1 Å². The summed E-state index contributed by atoms with van der Waals surface area (Å²) in [5, 5.41) is 5.21. The van der Waals surface area contributed by atoms with Gasteiger partial charge in [0, 0.05) is 4.88 Å². The van der Waals surface area contributed by atoms with Gasteiger partial charge in [0.05, 0.1) is 18.8 Å². The van der Waals surface area contributed by atoms with E-state index in [2.05, 4.69) is 15.0 Å². The molecule has 100 valence electrons. The molecule has 0 aromatic carbocycles. The number of hydrogen-bond acceptors (Lipinski definition) is 6. The first-order chi connectivity index (χ1) is 9.11. The summed E-state index contributed by atoms with van der Waals surface area (Å²) in [5.74, 6) is 0.00984. The van der Waals surface area contributed by atoms with E-state index in [9.17, 15) is 4.79 Å². The largest absolute Gasteiger partial charge is 0.464 e. The van der Waals surface area contributed by atoms with Gasteiger partial charge in [-0.15, -0.1) is 11.3 Å². The third kappa shape index (κ3) is 3.03. The van der Waals surface area contributed by atoms with Crippen LogP contribution in [0.3, 0.4) is 0 Å². The standard InChI is InChI=1S/C13H15N3O2S/c1-8(11-4-3-7-19-11)15-12-9(14)5-6-10(16-12)13(17)18-2/h3-8H,14H2,1-2H3,(H,15,16). The molecule has 0 saturated carbocycles. The number of rotatable bonds is 4. The maximum Gasteiger partial charge on any atom is 0.356 e. The molecule has 2 aromatic rings. The molecule has 19 heavy (non-hydrogen) atoms. The van der Waals surface area contributed by atoms with Crippen molar-refractivity contribution in [3.8, 4) is 0 Å². The van der Waals surface area contributed by atoms with Crippen LogP contribution in [-0.2, 0) is 4.74 Å². The maximum atomic E-state index is 11.4. The Balaban J connectivity index is 2.22. The van der Waals surface area contributed by atoms with Gasteiger partial charge in [-0.25, -0.2) is 9.78 Å². The molecule has 2 aromatic heterocycles. The van der Waals surface area contributed by atoms with Gasteiger partial charge in [0.1, 0.15) is 0 Å². The second-order valence-electron chi connectivity index (χ2n) is 4.01. The van der Waals surface area contributed by atoms with Gasteiger partial charge in [0.2, 0.25) is 0 Å². The number of nitrogen functional groups attached to an aromatic ring is 1. The smallest absolute Gasteiger partial charge is 0.356 e. The molecule has 6 heteroatoms. The number of ether oxygens (including phenoxy) is 1. The highest BCUT2D eigenvalue weighted by molar-refractivity contribution is 7.10. The van der Waals surface area contributed by atoms with Crippen LogP contribution in [0.25, 0.3) is 0 Å². The molecule has 0 radical (unpaired) electrons. The Morgan fingerprint density at radius 2 is 2.26 bits per heavy atom. The van der Waals surface area contributed by atoms with Crippen molar-refractivity contribution in [3.05, 3.63) is 40.2 Å². The Labute approximate surface area is 115 Å². The third-order valence-corrected chi connectivity index (χ3v) is 3.70. The van der Waals surface area contributed by atoms with E-state index >= 15 is 0 Å². The number of nitrogens with one attached hydrogen (secondary N) is 1. The van der Waals surface area contributed by atoms with Gasteiger partial charge in [-0.05, 0) is 30.5 Å². The number of methoxy groups -OCH3 is 1. The van der Waals surface area contributed by atoms with Gasteiger partial charge in [-0.1, -0.05) is 6.07 Å². The topological polar surface area (TPSA) is 77.2 Å². The number of pyridine rings is 1. The predicted molar refractivity (Wildman–Crippen MR) is 76.3 cm³/mol. The number of anilines is 2. The number of thiophene rings is 1. The summed E-state index contributed by atoms with van der Waals surface area (Å²) in [5.41, 5.74) is 6.59. The molecular formula is C13H15N3O2S. The molecule has 2 heterocycles. The van der Waals surface area contributed by atoms with Crippen LogP contribution in [0, 0.1) is 0 Å². The lowest BCUT2D eigenvalue weighted by atomic mass is 10.2. The van der Waals surface area contributed by atoms with Crippen molar-refractivity contribution < 1.29 is 9.53 Å². The minimum absolute atomic E-state index is 0.0719. The molecule has 3 N–H and O–H groups in total. The zero-order valence-electron chi connectivity index (χ0n) is 10.7. The highest BCUT2D eigenvalue weighted by Gasteiger charge is 2.13. The summed E-state index contributed by atoms with van der Waals surface area (Å²) in [6.07, 6.45) is 0. The summed E-state index contributed by atoms with van der Waals surface area (Å²) >= 11 is 1.65. The highest BCUT2D eigenvalue weighted by atomic mass is 32.1. The maximum absolute atomic E-state index is 11.4. The average molecular weight is 277 g/mol. The SMILES string of the molecule is COC(=O)c1ccc(N)c(NC(C)c2cccs2)n1. The molecule has 2 rings (SSSR count). The van der Waals surface area contributed by atoms with Crippen molar-refractivity contribution in [3.63, 3.8) is 0 Å². The molecule has 1 atom stereocenters. The van der Waals surface area contributed by atoms with E-state index in [-0.39, 0.29) is 11.7 Å². The molecule has 5 nitrogen and oxygen atoms in total. The number of carbonyl (C=O) groups excluding carboxylic acids is 1. The highest BCUT2D eigenvalue weighted by Crippen LogP contribution is 2.25. The van der Waals surface area contributed by atoms with E-state index in [1.54, 1.807) is 23.5 Å². The van der Waals surface area contributed by atoms with Gasteiger partial charge < -0.3 is 15.8 Å². The molecular weight excluding hydrogens is 262 g/mol. The Morgan fingerprint density at radius 3 is 2.89 bits per heavy atom. The number of hydrogen-bond donors (Lipinski definition) is 2. The lowest BCUT2D eigenvalue weighted by molar-refractivity contribution is 0.0594. The van der Waals surface area contributed by atoms with Gasteiger partial charge in [-0.3, -0.25) is 0 Å². The summed E-state index contributed by atoms with van der Waals surface area (Å²) < 4.78 is 4.64. The molecule has 0 bridgehead atoms. The zero-order chi connectivity index (χ0) is 13.8. The van der Waals surface area contributed by atoms with E-state index in [1.807, 2.05) is 24.4 Å². The van der Waals surface area contributed by atoms with E-state index < -0.39 is 5.97 Å². The minimum Gasteiger partial charge on any atom is -0.464 e. The molecule has 0 aliphatic rings. The Kier molecular flexibility index (Phi) is 4.01. The normalized spacial score (nSPS) is 11.9. The van der Waals surface area contributed by atoms with Crippen molar-refractivity contribution in [1.82, 2.24) is 4.98 Å². The van der Waals surface area contributed by atoms with Crippen molar-refractivity contribution >= 4 is 28.8 Å². The Hall–Kier alpha value is -2.08. The summed E-state index contributed by atoms with van der Waals surface area (Å²) in [6, 6.07) is 7.27. The number of nitrogens with zero attached hydrogens (tertiary/aromatic N) is 1. The average Bonchev–Trinajstić information content (AvgIpc) is 2.94. The number of nitrogens with two attached hydrogens (primary N) is 1. The fraction of sp³-hybridized carbons (Fsp3) is 0.231. The summed E-state index contributed by atoms with van der Waals surface area (Å²) in [4.78, 5) is 16.8. The van der Waals surface area contributed by atoms with Crippen molar-refractivity contribution in [2.45, 2.75) is 13.0 Å². The molecule has 0 spiro atoms. The van der Waals surface area contributed by atoms with E-state index in [0.717, 1.165) is 0 Å². The Morgan fingerprint density at radius 1 is 1.47 bits per heavy atom. The van der Waals surface area contributed by atoms with Gasteiger partial charge in [0.15, 0.2) is 11.5 Å². The van der Waals surface area contributed by atoms with E-state index in [1.165, 1.54) is 12.0 Å². The second kappa shape index (κ2) is 5.71. The summed E-state index contributed by atoms with van der Waals surface area (Å²) in [6.45, 7) is 2.01. The number of esters is 1. The van der Waals surface area contributed by atoms with Gasteiger partial charge >= 0.3 is 5.97 Å². The van der Waals surface area contributed by atoms with Gasteiger partial charge in [0.25, 0.3) is 0 Å². The lowest BCUT2D eigenvalue weighted by Crippen LogP contribution is -2.12. The molecule has 0 aliphatic heterocycles. The lowest BCUT2D eigenvalue weighted by Gasteiger charge is -2.15. The minimum atomic E-state index is -0.480. The van der Waals surface area contributed by atoms with E-state index in [4.69, 9.17) is 5.73 Å². The molecule has 0 aliphatic carbocycles. The number of aromatic nitrogens is 1. The van der Waals surface area contributed by atoms with Crippen molar-refractivity contribution in [2.24, 2.45) is 0 Å². The molecule has 1 unspecified atom stereocenters. The summed E-state index contributed by atoms with van der Waals surface area (Å²) in [7, 11) is 1.32. The van der Waals surface area contributed by atoms with Gasteiger partial charge in [-0.2, -0.15) is 0 Å². The second-order valence-corrected chi connectivity index (χ2v) is 4.99. The first-order valence-electron chi connectivity index (χ1n) is 5.76. The quantitative estimate of drug-likeness (QED) is 0.840. The monoisotopic (exact) mass is 277 g/mol. The fourth-order valence-corrected chi connectivity index (χ4v) is 2.35. The third-order valence-electron chi connectivity index (χ3n) is 2.64. The van der Waals surface area contributed by atoms with Crippen molar-refractivity contribution in [2.75, 3.05) is 18.2 Å². The molecule has 0 fully saturated rings. The molecule has 0 amide bonds.